The molecule has 0 aromatic heterocycles. The Kier molecular flexibility index (Phi) is 7.46. The van der Waals surface area contributed by atoms with Crippen LogP contribution >= 0.6 is 0 Å². The second-order valence-electron chi connectivity index (χ2n) is 7.71. The molecule has 0 saturated heterocycles. The normalized spacial score (nSPS) is 13.1. The summed E-state index contributed by atoms with van der Waals surface area (Å²) in [5, 5.41) is 22.3. The molecule has 32 heavy (non-hydrogen) atoms. The number of hydrogen-bond donors (Lipinski definition) is 2. The Morgan fingerprint density at radius 2 is 1.53 bits per heavy atom. The molecule has 2 aromatic rings. The molecule has 0 bridgehead atoms. The van der Waals surface area contributed by atoms with Crippen LogP contribution in [0.25, 0.3) is 5.57 Å². The molecule has 0 saturated carbocycles. The summed E-state index contributed by atoms with van der Waals surface area (Å²) in [5.41, 5.74) is -3.25. The molecule has 0 fully saturated rings. The SMILES string of the molecule is CC(C)(C)OC(=O)NC(Cc1ccccc1)/C(O)=C(/C#N)c1c(F)c(F)c(F)c(F)c1F. The number of ether oxygens (including phenoxy) is 1. The highest BCUT2D eigenvalue weighted by atomic mass is 19.2. The van der Waals surface area contributed by atoms with Gasteiger partial charge in [0.2, 0.25) is 5.82 Å². The van der Waals surface area contributed by atoms with Crippen LogP contribution in [0.5, 0.6) is 0 Å². The molecule has 2 aromatic carbocycles. The molecule has 5 nitrogen and oxygen atoms in total. The maximum absolute atomic E-state index is 14.2. The van der Waals surface area contributed by atoms with Crippen LogP contribution in [-0.2, 0) is 11.2 Å². The van der Waals surface area contributed by atoms with Crippen molar-refractivity contribution in [3.63, 3.8) is 0 Å². The quantitative estimate of drug-likeness (QED) is 0.211. The van der Waals surface area contributed by atoms with E-state index in [0.717, 1.165) is 0 Å². The fraction of sp³-hybridized carbons (Fsp3) is 0.273. The summed E-state index contributed by atoms with van der Waals surface area (Å²) < 4.78 is 74.2. The topological polar surface area (TPSA) is 82.3 Å². The van der Waals surface area contributed by atoms with Crippen LogP contribution in [0.2, 0.25) is 0 Å². The Morgan fingerprint density at radius 1 is 1.03 bits per heavy atom. The number of aliphatic hydroxyl groups excluding tert-OH is 1. The van der Waals surface area contributed by atoms with E-state index in [1.807, 2.05) is 0 Å². The summed E-state index contributed by atoms with van der Waals surface area (Å²) in [7, 11) is 0. The van der Waals surface area contributed by atoms with Gasteiger partial charge in [0.1, 0.15) is 23.0 Å². The van der Waals surface area contributed by atoms with Crippen molar-refractivity contribution >= 4 is 11.7 Å². The lowest BCUT2D eigenvalue weighted by Crippen LogP contribution is -2.41. The number of allylic oxidation sites excluding steroid dienone is 1. The molecular formula is C22H19F5N2O3. The van der Waals surface area contributed by atoms with Gasteiger partial charge in [0.15, 0.2) is 23.3 Å². The third-order valence-electron chi connectivity index (χ3n) is 4.13. The van der Waals surface area contributed by atoms with E-state index in [2.05, 4.69) is 5.32 Å². The maximum atomic E-state index is 14.2. The predicted octanol–water partition coefficient (Wildman–Crippen LogP) is 5.31. The van der Waals surface area contributed by atoms with Gasteiger partial charge in [-0.15, -0.1) is 0 Å². The average molecular weight is 454 g/mol. The molecule has 170 valence electrons. The van der Waals surface area contributed by atoms with Gasteiger partial charge in [-0.05, 0) is 26.3 Å². The highest BCUT2D eigenvalue weighted by Gasteiger charge is 2.32. The number of rotatable bonds is 5. The van der Waals surface area contributed by atoms with Gasteiger partial charge < -0.3 is 15.2 Å². The number of hydrogen-bond acceptors (Lipinski definition) is 4. The van der Waals surface area contributed by atoms with E-state index in [4.69, 9.17) is 4.74 Å². The van der Waals surface area contributed by atoms with Crippen molar-refractivity contribution in [3.05, 3.63) is 76.3 Å². The van der Waals surface area contributed by atoms with Gasteiger partial charge in [0.25, 0.3) is 0 Å². The molecule has 1 unspecified atom stereocenters. The Morgan fingerprint density at radius 3 is 2.00 bits per heavy atom. The molecule has 2 N–H and O–H groups in total. The van der Waals surface area contributed by atoms with E-state index in [0.29, 0.717) is 5.56 Å². The summed E-state index contributed by atoms with van der Waals surface area (Å²) >= 11 is 0. The fourth-order valence-electron chi connectivity index (χ4n) is 2.76. The summed E-state index contributed by atoms with van der Waals surface area (Å²) in [5.74, 6) is -12.7. The molecule has 10 heteroatoms. The van der Waals surface area contributed by atoms with Crippen molar-refractivity contribution in [2.24, 2.45) is 0 Å². The zero-order valence-corrected chi connectivity index (χ0v) is 17.3. The molecule has 0 radical (unpaired) electrons. The number of alkyl carbamates (subject to hydrolysis) is 1. The first kappa shape index (κ1) is 24.7. The summed E-state index contributed by atoms with van der Waals surface area (Å²) in [6, 6.07) is 7.93. The van der Waals surface area contributed by atoms with Crippen LogP contribution in [0.4, 0.5) is 26.7 Å². The first-order chi connectivity index (χ1) is 14.9. The zero-order valence-electron chi connectivity index (χ0n) is 17.3. The van der Waals surface area contributed by atoms with Gasteiger partial charge in [-0.3, -0.25) is 0 Å². The minimum absolute atomic E-state index is 0.188. The second kappa shape index (κ2) is 9.68. The number of amides is 1. The van der Waals surface area contributed by atoms with Crippen LogP contribution in [-0.4, -0.2) is 22.8 Å². The Labute approximate surface area is 180 Å². The molecule has 0 aliphatic rings. The first-order valence-corrected chi connectivity index (χ1v) is 9.25. The molecule has 2 rings (SSSR count). The van der Waals surface area contributed by atoms with E-state index in [9.17, 15) is 37.1 Å². The summed E-state index contributed by atoms with van der Waals surface area (Å²) in [4.78, 5) is 12.2. The van der Waals surface area contributed by atoms with Crippen molar-refractivity contribution < 1.29 is 36.6 Å². The number of benzene rings is 2. The van der Waals surface area contributed by atoms with E-state index in [1.54, 1.807) is 51.1 Å². The van der Waals surface area contributed by atoms with E-state index in [1.165, 1.54) is 6.07 Å². The monoisotopic (exact) mass is 454 g/mol. The van der Waals surface area contributed by atoms with E-state index >= 15 is 0 Å². The summed E-state index contributed by atoms with van der Waals surface area (Å²) in [6.45, 7) is 4.68. The molecule has 0 aliphatic heterocycles. The van der Waals surface area contributed by atoms with Gasteiger partial charge in [0.05, 0.1) is 11.6 Å². The third-order valence-corrected chi connectivity index (χ3v) is 4.13. The number of nitrogens with one attached hydrogen (secondary N) is 1. The molecule has 0 aliphatic carbocycles. The van der Waals surface area contributed by atoms with Crippen LogP contribution in [0.3, 0.4) is 0 Å². The Hall–Kier alpha value is -3.61. The number of aliphatic hydroxyl groups is 1. The maximum Gasteiger partial charge on any atom is 0.408 e. The molecule has 1 amide bonds. The van der Waals surface area contributed by atoms with Crippen molar-refractivity contribution in [3.8, 4) is 6.07 Å². The van der Waals surface area contributed by atoms with Crippen molar-refractivity contribution in [1.82, 2.24) is 5.32 Å². The second-order valence-corrected chi connectivity index (χ2v) is 7.71. The lowest BCUT2D eigenvalue weighted by molar-refractivity contribution is 0.0502. The van der Waals surface area contributed by atoms with E-state index in [-0.39, 0.29) is 6.42 Å². The van der Waals surface area contributed by atoms with Crippen LogP contribution in [0.1, 0.15) is 31.9 Å². The van der Waals surface area contributed by atoms with E-state index < -0.39 is 63.7 Å². The standard InChI is InChI=1S/C22H19F5N2O3/c1-22(2,3)32-21(31)29-13(9-11-7-5-4-6-8-11)20(30)12(10-28)14-15(23)17(25)19(27)18(26)16(14)24/h4-8,13,30H,9H2,1-3H3,(H,29,31)/b20-12+. The number of nitriles is 1. The minimum Gasteiger partial charge on any atom is -0.509 e. The average Bonchev–Trinajstić information content (AvgIpc) is 2.72. The predicted molar refractivity (Wildman–Crippen MR) is 105 cm³/mol. The zero-order chi connectivity index (χ0) is 24.2. The number of nitrogens with zero attached hydrogens (tertiary/aromatic N) is 1. The lowest BCUT2D eigenvalue weighted by Gasteiger charge is -2.24. The molecule has 0 spiro atoms. The fourth-order valence-corrected chi connectivity index (χ4v) is 2.76. The van der Waals surface area contributed by atoms with Gasteiger partial charge >= 0.3 is 6.09 Å². The minimum atomic E-state index is -2.41. The molecular weight excluding hydrogens is 435 g/mol. The molecule has 1 atom stereocenters. The van der Waals surface area contributed by atoms with Gasteiger partial charge in [-0.25, -0.2) is 26.7 Å². The highest BCUT2D eigenvalue weighted by molar-refractivity contribution is 5.80. The number of carbonyl (C=O) groups excluding carboxylic acids is 1. The highest BCUT2D eigenvalue weighted by Crippen LogP contribution is 2.30. The Balaban J connectivity index is 2.62. The van der Waals surface area contributed by atoms with Crippen LogP contribution < -0.4 is 5.32 Å². The third kappa shape index (κ3) is 5.55. The van der Waals surface area contributed by atoms with Gasteiger partial charge in [0, 0.05) is 6.42 Å². The van der Waals surface area contributed by atoms with Crippen molar-refractivity contribution in [1.29, 1.82) is 5.26 Å². The van der Waals surface area contributed by atoms with Crippen LogP contribution in [0.15, 0.2) is 36.1 Å². The first-order valence-electron chi connectivity index (χ1n) is 9.25. The van der Waals surface area contributed by atoms with Crippen molar-refractivity contribution in [2.45, 2.75) is 38.8 Å². The summed E-state index contributed by atoms with van der Waals surface area (Å²) in [6.07, 6.45) is -1.23. The number of carbonyl (C=O) groups is 1. The smallest absolute Gasteiger partial charge is 0.408 e. The van der Waals surface area contributed by atoms with Crippen LogP contribution in [0, 0.1) is 40.4 Å². The van der Waals surface area contributed by atoms with Crippen molar-refractivity contribution in [2.75, 3.05) is 0 Å². The van der Waals surface area contributed by atoms with Gasteiger partial charge in [-0.2, -0.15) is 5.26 Å². The van der Waals surface area contributed by atoms with Gasteiger partial charge in [-0.1, -0.05) is 30.3 Å². The number of halogens is 5. The largest absolute Gasteiger partial charge is 0.509 e. The Bertz CT molecular complexity index is 1060. The lowest BCUT2D eigenvalue weighted by atomic mass is 9.97. The molecule has 0 heterocycles.